The lowest BCUT2D eigenvalue weighted by molar-refractivity contribution is -0.147. The zero-order chi connectivity index (χ0) is 27.7. The number of sulfonamides is 1. The Morgan fingerprint density at radius 3 is 1.90 bits per heavy atom. The number of carbonyl (C=O) groups is 2. The summed E-state index contributed by atoms with van der Waals surface area (Å²) >= 11 is 0. The standard InChI is InChI=1S/C31H30N2O5S/c1-24-17-19-28(20-18-24)39(36,37)32-22-30(34)33(27-15-9-4-10-16-27)29(21-25-11-5-2-6-12-25)31(35)38-23-26-13-7-3-8-14-26/h2-20,29,32H,21-23H2,1H3/t29-/m0/s1. The minimum atomic E-state index is -3.95. The fourth-order valence-corrected chi connectivity index (χ4v) is 5.05. The number of hydrogen-bond acceptors (Lipinski definition) is 5. The molecule has 0 aliphatic rings. The molecule has 0 fully saturated rings. The van der Waals surface area contributed by atoms with Crippen molar-refractivity contribution in [3.63, 3.8) is 0 Å². The number of hydrogen-bond donors (Lipinski definition) is 1. The van der Waals surface area contributed by atoms with Gasteiger partial charge >= 0.3 is 5.97 Å². The highest BCUT2D eigenvalue weighted by Crippen LogP contribution is 2.22. The van der Waals surface area contributed by atoms with E-state index in [1.807, 2.05) is 67.6 Å². The van der Waals surface area contributed by atoms with Gasteiger partial charge in [0, 0.05) is 12.1 Å². The van der Waals surface area contributed by atoms with Crippen molar-refractivity contribution in [2.24, 2.45) is 0 Å². The summed E-state index contributed by atoms with van der Waals surface area (Å²) in [5.74, 6) is -1.18. The third-order valence-corrected chi connectivity index (χ3v) is 7.54. The SMILES string of the molecule is Cc1ccc(S(=O)(=O)NCC(=O)N(c2ccccc2)[C@@H](Cc2ccccc2)C(=O)OCc2ccccc2)cc1. The first-order valence-corrected chi connectivity index (χ1v) is 14.0. The molecular formula is C31H30N2O5S. The molecule has 8 heteroatoms. The highest BCUT2D eigenvalue weighted by Gasteiger charge is 2.33. The van der Waals surface area contributed by atoms with Gasteiger partial charge in [0.1, 0.15) is 12.6 Å². The van der Waals surface area contributed by atoms with Gasteiger partial charge in [-0.2, -0.15) is 0 Å². The van der Waals surface area contributed by atoms with E-state index in [-0.39, 0.29) is 17.9 Å². The van der Waals surface area contributed by atoms with Crippen molar-refractivity contribution < 1.29 is 22.7 Å². The van der Waals surface area contributed by atoms with E-state index in [0.717, 1.165) is 16.7 Å². The number of ether oxygens (including phenoxy) is 1. The van der Waals surface area contributed by atoms with Gasteiger partial charge in [0.2, 0.25) is 15.9 Å². The van der Waals surface area contributed by atoms with Crippen LogP contribution in [-0.4, -0.2) is 32.9 Å². The Morgan fingerprint density at radius 1 is 0.769 bits per heavy atom. The summed E-state index contributed by atoms with van der Waals surface area (Å²) in [7, 11) is -3.95. The summed E-state index contributed by atoms with van der Waals surface area (Å²) < 4.78 is 33.8. The fraction of sp³-hybridized carbons (Fsp3) is 0.161. The average molecular weight is 543 g/mol. The lowest BCUT2D eigenvalue weighted by Crippen LogP contribution is -2.50. The lowest BCUT2D eigenvalue weighted by Gasteiger charge is -2.31. The number of aryl methyl sites for hydroxylation is 1. The molecular weight excluding hydrogens is 512 g/mol. The largest absolute Gasteiger partial charge is 0.459 e. The second kappa shape index (κ2) is 13.0. The maximum Gasteiger partial charge on any atom is 0.329 e. The molecule has 0 unspecified atom stereocenters. The molecule has 1 amide bonds. The van der Waals surface area contributed by atoms with E-state index in [9.17, 15) is 18.0 Å². The van der Waals surface area contributed by atoms with E-state index in [4.69, 9.17) is 4.74 Å². The van der Waals surface area contributed by atoms with Crippen LogP contribution in [0.3, 0.4) is 0 Å². The predicted octanol–water partition coefficient (Wildman–Crippen LogP) is 4.66. The van der Waals surface area contributed by atoms with Gasteiger partial charge < -0.3 is 4.74 Å². The monoisotopic (exact) mass is 542 g/mol. The molecule has 0 bridgehead atoms. The first-order valence-electron chi connectivity index (χ1n) is 12.5. The molecule has 0 saturated carbocycles. The number of nitrogens with zero attached hydrogens (tertiary/aromatic N) is 1. The molecule has 0 radical (unpaired) electrons. The summed E-state index contributed by atoms with van der Waals surface area (Å²) in [5.41, 5.74) is 3.01. The summed E-state index contributed by atoms with van der Waals surface area (Å²) in [4.78, 5) is 28.6. The van der Waals surface area contributed by atoms with Crippen molar-refractivity contribution in [1.29, 1.82) is 0 Å². The Morgan fingerprint density at radius 2 is 1.31 bits per heavy atom. The number of amides is 1. The van der Waals surface area contributed by atoms with Crippen LogP contribution in [0, 0.1) is 6.92 Å². The molecule has 1 atom stereocenters. The van der Waals surface area contributed by atoms with Gasteiger partial charge in [0.05, 0.1) is 11.4 Å². The summed E-state index contributed by atoms with van der Waals surface area (Å²) in [6, 6.07) is 32.6. The van der Waals surface area contributed by atoms with Crippen LogP contribution in [0.25, 0.3) is 0 Å². The Kier molecular flexibility index (Phi) is 9.25. The molecule has 0 aliphatic carbocycles. The van der Waals surface area contributed by atoms with Gasteiger partial charge in [-0.05, 0) is 42.3 Å². The molecule has 0 saturated heterocycles. The molecule has 4 aromatic rings. The van der Waals surface area contributed by atoms with Crippen molar-refractivity contribution in [1.82, 2.24) is 4.72 Å². The number of para-hydroxylation sites is 1. The van der Waals surface area contributed by atoms with Crippen LogP contribution in [0.4, 0.5) is 5.69 Å². The molecule has 0 aliphatic heterocycles. The van der Waals surface area contributed by atoms with Gasteiger partial charge in [-0.3, -0.25) is 9.69 Å². The minimum absolute atomic E-state index is 0.0435. The van der Waals surface area contributed by atoms with Crippen molar-refractivity contribution in [3.05, 3.63) is 132 Å². The third kappa shape index (κ3) is 7.63. The lowest BCUT2D eigenvalue weighted by atomic mass is 10.0. The molecule has 1 N–H and O–H groups in total. The van der Waals surface area contributed by atoms with E-state index < -0.39 is 34.5 Å². The molecule has 0 aromatic heterocycles. The van der Waals surface area contributed by atoms with Crippen LogP contribution < -0.4 is 9.62 Å². The number of esters is 1. The molecule has 200 valence electrons. The molecule has 4 rings (SSSR count). The number of anilines is 1. The normalized spacial score (nSPS) is 11.9. The number of rotatable bonds is 11. The van der Waals surface area contributed by atoms with Gasteiger partial charge in [-0.25, -0.2) is 17.9 Å². The smallest absolute Gasteiger partial charge is 0.329 e. The van der Waals surface area contributed by atoms with Crippen LogP contribution in [0.2, 0.25) is 0 Å². The zero-order valence-corrected chi connectivity index (χ0v) is 22.4. The molecule has 4 aromatic carbocycles. The topological polar surface area (TPSA) is 92.8 Å². The van der Waals surface area contributed by atoms with E-state index in [1.54, 1.807) is 42.5 Å². The van der Waals surface area contributed by atoms with Crippen LogP contribution in [0.15, 0.2) is 120 Å². The fourth-order valence-electron chi connectivity index (χ4n) is 4.07. The van der Waals surface area contributed by atoms with Gasteiger partial charge in [-0.15, -0.1) is 0 Å². The number of benzene rings is 4. The van der Waals surface area contributed by atoms with Gasteiger partial charge in [-0.1, -0.05) is 96.6 Å². The van der Waals surface area contributed by atoms with Gasteiger partial charge in [0.15, 0.2) is 0 Å². The maximum atomic E-state index is 13.7. The predicted molar refractivity (Wildman–Crippen MR) is 150 cm³/mol. The second-order valence-corrected chi connectivity index (χ2v) is 10.8. The Bertz CT molecular complexity index is 1480. The van der Waals surface area contributed by atoms with Crippen LogP contribution in [-0.2, 0) is 37.4 Å². The van der Waals surface area contributed by atoms with E-state index >= 15 is 0 Å². The van der Waals surface area contributed by atoms with Crippen LogP contribution in [0.1, 0.15) is 16.7 Å². The van der Waals surface area contributed by atoms with Crippen molar-refractivity contribution in [2.75, 3.05) is 11.4 Å². The molecule has 39 heavy (non-hydrogen) atoms. The number of carbonyl (C=O) groups excluding carboxylic acids is 2. The van der Waals surface area contributed by atoms with Crippen molar-refractivity contribution in [3.8, 4) is 0 Å². The molecule has 0 spiro atoms. The first-order chi connectivity index (χ1) is 18.8. The Hall–Kier alpha value is -4.27. The Balaban J connectivity index is 1.62. The highest BCUT2D eigenvalue weighted by molar-refractivity contribution is 7.89. The van der Waals surface area contributed by atoms with E-state index in [2.05, 4.69) is 4.72 Å². The Labute approximate surface area is 229 Å². The molecule has 0 heterocycles. The van der Waals surface area contributed by atoms with Crippen LogP contribution >= 0.6 is 0 Å². The van der Waals surface area contributed by atoms with E-state index in [1.165, 1.54) is 17.0 Å². The van der Waals surface area contributed by atoms with E-state index in [0.29, 0.717) is 5.69 Å². The number of nitrogens with one attached hydrogen (secondary N) is 1. The quantitative estimate of drug-likeness (QED) is 0.278. The van der Waals surface area contributed by atoms with Gasteiger partial charge in [0.25, 0.3) is 0 Å². The second-order valence-electron chi connectivity index (χ2n) is 9.04. The summed E-state index contributed by atoms with van der Waals surface area (Å²) in [6.07, 6.45) is 0.180. The first kappa shape index (κ1) is 27.8. The highest BCUT2D eigenvalue weighted by atomic mass is 32.2. The summed E-state index contributed by atoms with van der Waals surface area (Å²) in [5, 5.41) is 0. The average Bonchev–Trinajstić information content (AvgIpc) is 2.96. The van der Waals surface area contributed by atoms with Crippen LogP contribution in [0.5, 0.6) is 0 Å². The summed E-state index contributed by atoms with van der Waals surface area (Å²) in [6.45, 7) is 1.36. The van der Waals surface area contributed by atoms with Crippen molar-refractivity contribution >= 4 is 27.6 Å². The third-order valence-electron chi connectivity index (χ3n) is 6.13. The van der Waals surface area contributed by atoms with Crippen molar-refractivity contribution in [2.45, 2.75) is 30.9 Å². The molecule has 7 nitrogen and oxygen atoms in total. The minimum Gasteiger partial charge on any atom is -0.459 e. The zero-order valence-electron chi connectivity index (χ0n) is 21.6. The maximum absolute atomic E-state index is 13.7.